The van der Waals surface area contributed by atoms with Gasteiger partial charge in [-0.2, -0.15) is 0 Å². The van der Waals surface area contributed by atoms with E-state index in [1.807, 2.05) is 0 Å². The molecule has 0 fully saturated rings. The van der Waals surface area contributed by atoms with Gasteiger partial charge in [0, 0.05) is 18.2 Å². The van der Waals surface area contributed by atoms with Crippen LogP contribution in [0.4, 0.5) is 0 Å². The molecule has 1 aliphatic heterocycles. The molecular formula is C7H12O4. The predicted octanol–water partition coefficient (Wildman–Crippen LogP) is -0.0345. The van der Waals surface area contributed by atoms with Gasteiger partial charge in [0.25, 0.3) is 5.79 Å². The Kier molecular flexibility index (Phi) is 0.862. The first-order valence-electron chi connectivity index (χ1n) is 6.66. The molecule has 0 aromatic rings. The highest BCUT2D eigenvalue weighted by Crippen LogP contribution is 2.27. The average molecular weight is 168 g/mol. The summed E-state index contributed by atoms with van der Waals surface area (Å²) in [6.07, 6.45) is -5.76. The van der Waals surface area contributed by atoms with Gasteiger partial charge in [0.05, 0.1) is 18.6 Å². The maximum atomic E-state index is 9.20. The quantitative estimate of drug-likeness (QED) is 0.618. The first-order valence-corrected chi connectivity index (χ1v) is 2.66. The topological polar surface area (TPSA) is 58.9 Å². The minimum Gasteiger partial charge on any atom is -0.457 e. The standard InChI is InChI=1S/C7H12O4/c8-3-1-7(2-4-9)10-5-6-11-7/h5-6,8-9H,1-4H2/i1D2,2D2,3D2,4D2. The fourth-order valence-corrected chi connectivity index (χ4v) is 0.571. The molecule has 0 radical (unpaired) electrons. The van der Waals surface area contributed by atoms with Crippen molar-refractivity contribution >= 4 is 0 Å². The van der Waals surface area contributed by atoms with Crippen molar-refractivity contribution in [3.63, 3.8) is 0 Å². The van der Waals surface area contributed by atoms with Crippen LogP contribution in [0, 0.1) is 0 Å². The summed E-state index contributed by atoms with van der Waals surface area (Å²) in [5, 5.41) is 18.4. The van der Waals surface area contributed by atoms with E-state index in [2.05, 4.69) is 9.47 Å². The Balaban J connectivity index is 3.44. The van der Waals surface area contributed by atoms with Crippen LogP contribution in [0.5, 0.6) is 0 Å². The molecule has 0 spiro atoms. The molecule has 11 heavy (non-hydrogen) atoms. The second-order valence-electron chi connectivity index (χ2n) is 1.60. The molecule has 0 unspecified atom stereocenters. The third-order valence-electron chi connectivity index (χ3n) is 0.964. The van der Waals surface area contributed by atoms with E-state index in [1.165, 1.54) is 0 Å². The Morgan fingerprint density at radius 2 is 1.64 bits per heavy atom. The third-order valence-corrected chi connectivity index (χ3v) is 0.964. The number of rotatable bonds is 4. The number of aliphatic hydroxyl groups is 2. The molecule has 1 heterocycles. The smallest absolute Gasteiger partial charge is 0.254 e. The van der Waals surface area contributed by atoms with E-state index in [-0.39, 0.29) is 0 Å². The molecule has 0 amide bonds. The molecule has 0 aromatic heterocycles. The van der Waals surface area contributed by atoms with Crippen molar-refractivity contribution in [1.82, 2.24) is 0 Å². The van der Waals surface area contributed by atoms with E-state index in [4.69, 9.17) is 11.0 Å². The highest BCUT2D eigenvalue weighted by molar-refractivity contribution is 4.83. The Morgan fingerprint density at radius 3 is 2.00 bits per heavy atom. The van der Waals surface area contributed by atoms with Crippen molar-refractivity contribution in [3.05, 3.63) is 12.5 Å². The fourth-order valence-electron chi connectivity index (χ4n) is 0.571. The molecule has 0 atom stereocenters. The molecule has 1 aliphatic rings. The van der Waals surface area contributed by atoms with Crippen LogP contribution in [0.1, 0.15) is 23.7 Å². The van der Waals surface area contributed by atoms with E-state index in [0.29, 0.717) is 12.5 Å². The molecule has 1 rings (SSSR count). The summed E-state index contributed by atoms with van der Waals surface area (Å²) in [6.45, 7) is -7.25. The van der Waals surface area contributed by atoms with Gasteiger partial charge in [-0.1, -0.05) is 0 Å². The van der Waals surface area contributed by atoms with Gasteiger partial charge in [0.15, 0.2) is 0 Å². The summed E-state index contributed by atoms with van der Waals surface area (Å²) in [6, 6.07) is 0. The SMILES string of the molecule is [2H]C([2H])(O)C([2H])([2H])C1(C([2H])([2H])C([2H])([2H])O)OC=CO1. The molecule has 0 saturated carbocycles. The predicted molar refractivity (Wildman–Crippen MR) is 37.4 cm³/mol. The minimum absolute atomic E-state index is 0.660. The summed E-state index contributed by atoms with van der Waals surface area (Å²) in [5.74, 6) is -3.24. The first kappa shape index (κ1) is 2.64. The van der Waals surface area contributed by atoms with Crippen LogP contribution in [0.15, 0.2) is 12.5 Å². The Morgan fingerprint density at radius 1 is 1.18 bits per heavy atom. The van der Waals surface area contributed by atoms with Crippen LogP contribution in [-0.4, -0.2) is 29.1 Å². The van der Waals surface area contributed by atoms with Crippen LogP contribution in [0.25, 0.3) is 0 Å². The lowest BCUT2D eigenvalue weighted by Gasteiger charge is -2.25. The second kappa shape index (κ2) is 3.59. The Bertz CT molecular complexity index is 346. The van der Waals surface area contributed by atoms with E-state index >= 15 is 0 Å². The minimum atomic E-state index is -3.63. The lowest BCUT2D eigenvalue weighted by atomic mass is 10.1. The lowest BCUT2D eigenvalue weighted by Crippen LogP contribution is -2.32. The highest BCUT2D eigenvalue weighted by atomic mass is 16.7. The lowest BCUT2D eigenvalue weighted by molar-refractivity contribution is -0.162. The van der Waals surface area contributed by atoms with Crippen LogP contribution in [-0.2, 0) is 9.47 Å². The van der Waals surface area contributed by atoms with E-state index in [9.17, 15) is 10.2 Å². The van der Waals surface area contributed by atoms with Gasteiger partial charge in [-0.25, -0.2) is 0 Å². The second-order valence-corrected chi connectivity index (χ2v) is 1.60. The van der Waals surface area contributed by atoms with Crippen molar-refractivity contribution in [2.45, 2.75) is 18.5 Å². The zero-order valence-corrected chi connectivity index (χ0v) is 5.37. The average Bonchev–Trinajstić information content (AvgIpc) is 2.63. The zero-order chi connectivity index (χ0) is 15.3. The van der Waals surface area contributed by atoms with Crippen LogP contribution >= 0.6 is 0 Å². The van der Waals surface area contributed by atoms with Gasteiger partial charge in [-0.05, 0) is 0 Å². The number of hydrogen-bond acceptors (Lipinski definition) is 4. The summed E-state index contributed by atoms with van der Waals surface area (Å²) in [4.78, 5) is 0. The van der Waals surface area contributed by atoms with Crippen molar-refractivity contribution < 1.29 is 30.7 Å². The molecule has 0 aliphatic carbocycles. The molecule has 0 saturated heterocycles. The molecule has 64 valence electrons. The molecule has 4 nitrogen and oxygen atoms in total. The van der Waals surface area contributed by atoms with Gasteiger partial charge in [-0.3, -0.25) is 0 Å². The van der Waals surface area contributed by atoms with Crippen molar-refractivity contribution in [2.75, 3.05) is 13.1 Å². The highest BCUT2D eigenvalue weighted by Gasteiger charge is 2.34. The van der Waals surface area contributed by atoms with Crippen LogP contribution in [0.3, 0.4) is 0 Å². The van der Waals surface area contributed by atoms with Gasteiger partial charge in [0.1, 0.15) is 12.5 Å². The van der Waals surface area contributed by atoms with Gasteiger partial charge >= 0.3 is 0 Å². The normalized spacial score (nSPS) is 35.5. The summed E-state index contributed by atoms with van der Waals surface area (Å²) >= 11 is 0. The Hall–Kier alpha value is -0.740. The number of ether oxygens (including phenoxy) is 2. The fraction of sp³-hybridized carbons (Fsp3) is 0.714. The largest absolute Gasteiger partial charge is 0.457 e. The van der Waals surface area contributed by atoms with Gasteiger partial charge in [-0.15, -0.1) is 0 Å². The molecule has 0 bridgehead atoms. The molecule has 4 heteroatoms. The van der Waals surface area contributed by atoms with Crippen LogP contribution in [0.2, 0.25) is 0 Å². The Labute approximate surface area is 76.3 Å². The van der Waals surface area contributed by atoms with E-state index in [0.717, 1.165) is 0 Å². The van der Waals surface area contributed by atoms with Crippen molar-refractivity contribution in [2.24, 2.45) is 0 Å². The number of hydrogen-bond donors (Lipinski definition) is 2. The van der Waals surface area contributed by atoms with Gasteiger partial charge in [0.2, 0.25) is 0 Å². The van der Waals surface area contributed by atoms with Crippen LogP contribution < -0.4 is 0 Å². The first-order chi connectivity index (χ1) is 8.21. The maximum absolute atomic E-state index is 9.20. The van der Waals surface area contributed by atoms with Crippen molar-refractivity contribution in [3.8, 4) is 0 Å². The monoisotopic (exact) mass is 168 g/mol. The molecule has 2 N–H and O–H groups in total. The summed E-state index contributed by atoms with van der Waals surface area (Å²) in [7, 11) is 0. The molecule has 0 aromatic carbocycles. The van der Waals surface area contributed by atoms with E-state index in [1.54, 1.807) is 0 Å². The zero-order valence-electron chi connectivity index (χ0n) is 13.4. The van der Waals surface area contributed by atoms with E-state index < -0.39 is 31.7 Å². The summed E-state index contributed by atoms with van der Waals surface area (Å²) < 4.78 is 67.1. The molecular weight excluding hydrogens is 148 g/mol. The van der Waals surface area contributed by atoms with Crippen molar-refractivity contribution in [1.29, 1.82) is 0 Å². The van der Waals surface area contributed by atoms with Gasteiger partial charge < -0.3 is 19.7 Å². The summed E-state index contributed by atoms with van der Waals surface area (Å²) in [5.41, 5.74) is 0. The maximum Gasteiger partial charge on any atom is 0.254 e. The third kappa shape index (κ3) is 1.85.